The van der Waals surface area contributed by atoms with Crippen molar-refractivity contribution in [3.63, 3.8) is 0 Å². The summed E-state index contributed by atoms with van der Waals surface area (Å²) in [6.45, 7) is 2.01. The summed E-state index contributed by atoms with van der Waals surface area (Å²) in [5, 5.41) is 13.9. The van der Waals surface area contributed by atoms with Crippen molar-refractivity contribution in [2.24, 2.45) is 5.84 Å². The number of nitrogens with two attached hydrogens (primary N) is 1. The largest absolute Gasteiger partial charge is 0.359 e. The Morgan fingerprint density at radius 2 is 2.29 bits per heavy atom. The smallest absolute Gasteiger partial charge is 0.329 e. The van der Waals surface area contributed by atoms with Crippen LogP contribution in [-0.2, 0) is 0 Å². The molecule has 0 bridgehead atoms. The van der Waals surface area contributed by atoms with E-state index in [1.54, 1.807) is 0 Å². The van der Waals surface area contributed by atoms with E-state index in [0.717, 1.165) is 25.5 Å². The first-order chi connectivity index (χ1) is 8.04. The van der Waals surface area contributed by atoms with Gasteiger partial charge in [0.25, 0.3) is 0 Å². The molecule has 1 aromatic rings. The van der Waals surface area contributed by atoms with Crippen LogP contribution in [0.3, 0.4) is 0 Å². The number of nitro groups is 1. The van der Waals surface area contributed by atoms with Crippen molar-refractivity contribution >= 4 is 17.5 Å². The first-order valence-corrected chi connectivity index (χ1v) is 5.30. The van der Waals surface area contributed by atoms with Crippen LogP contribution in [0.25, 0.3) is 0 Å². The van der Waals surface area contributed by atoms with E-state index in [1.165, 1.54) is 0 Å². The fraction of sp³-hybridized carbons (Fsp3) is 0.556. The summed E-state index contributed by atoms with van der Waals surface area (Å²) in [7, 11) is 0. The molecule has 1 aromatic heterocycles. The van der Waals surface area contributed by atoms with Crippen molar-refractivity contribution in [2.45, 2.75) is 31.7 Å². The maximum absolute atomic E-state index is 10.8. The summed E-state index contributed by atoms with van der Waals surface area (Å²) in [6, 6.07) is 0. The van der Waals surface area contributed by atoms with E-state index in [4.69, 9.17) is 5.84 Å². The van der Waals surface area contributed by atoms with Crippen LogP contribution in [0.4, 0.5) is 17.5 Å². The molecule has 17 heavy (non-hydrogen) atoms. The molecule has 0 aromatic carbocycles. The van der Waals surface area contributed by atoms with Gasteiger partial charge in [0, 0.05) is 5.54 Å². The van der Waals surface area contributed by atoms with Crippen LogP contribution < -0.4 is 16.6 Å². The second-order valence-electron chi connectivity index (χ2n) is 4.37. The van der Waals surface area contributed by atoms with Crippen LogP contribution in [0.2, 0.25) is 0 Å². The number of nitrogen functional groups attached to an aromatic ring is 1. The molecule has 1 heterocycles. The normalized spacial score (nSPS) is 17.1. The molecule has 4 N–H and O–H groups in total. The second kappa shape index (κ2) is 4.13. The predicted molar refractivity (Wildman–Crippen MR) is 62.4 cm³/mol. The molecule has 0 atom stereocenters. The Bertz CT molecular complexity index is 445. The Balaban J connectivity index is 2.31. The molecule has 1 fully saturated rings. The summed E-state index contributed by atoms with van der Waals surface area (Å²) >= 11 is 0. The molecule has 0 amide bonds. The van der Waals surface area contributed by atoms with E-state index in [1.807, 2.05) is 6.92 Å². The maximum Gasteiger partial charge on any atom is 0.329 e. The zero-order chi connectivity index (χ0) is 12.5. The molecule has 1 aliphatic carbocycles. The summed E-state index contributed by atoms with van der Waals surface area (Å²) in [4.78, 5) is 18.0. The van der Waals surface area contributed by atoms with Gasteiger partial charge in [-0.25, -0.2) is 10.8 Å². The van der Waals surface area contributed by atoms with Gasteiger partial charge in [-0.2, -0.15) is 4.98 Å². The highest BCUT2D eigenvalue weighted by molar-refractivity contribution is 5.58. The molecule has 0 spiro atoms. The van der Waals surface area contributed by atoms with Gasteiger partial charge in [0.15, 0.2) is 0 Å². The minimum atomic E-state index is -0.509. The number of nitrogens with one attached hydrogen (secondary N) is 2. The fourth-order valence-corrected chi connectivity index (χ4v) is 1.79. The second-order valence-corrected chi connectivity index (χ2v) is 4.37. The van der Waals surface area contributed by atoms with Crippen molar-refractivity contribution in [2.75, 3.05) is 10.7 Å². The summed E-state index contributed by atoms with van der Waals surface area (Å²) < 4.78 is 0. The molecular weight excluding hydrogens is 224 g/mol. The van der Waals surface area contributed by atoms with E-state index in [9.17, 15) is 10.1 Å². The Labute approximate surface area is 97.8 Å². The molecule has 0 unspecified atom stereocenters. The summed E-state index contributed by atoms with van der Waals surface area (Å²) in [6.07, 6.45) is 4.20. The predicted octanol–water partition coefficient (Wildman–Crippen LogP) is 1.02. The number of nitrogens with zero attached hydrogens (tertiary/aromatic N) is 3. The third kappa shape index (κ3) is 2.26. The highest BCUT2D eigenvalue weighted by Crippen LogP contribution is 2.36. The number of rotatable bonds is 4. The maximum atomic E-state index is 10.8. The van der Waals surface area contributed by atoms with E-state index in [-0.39, 0.29) is 23.0 Å². The molecular formula is C9H14N6O2. The zero-order valence-corrected chi connectivity index (χ0v) is 9.43. The minimum absolute atomic E-state index is 0.120. The fourth-order valence-electron chi connectivity index (χ4n) is 1.79. The van der Waals surface area contributed by atoms with E-state index in [0.29, 0.717) is 0 Å². The molecule has 0 saturated heterocycles. The van der Waals surface area contributed by atoms with E-state index in [2.05, 4.69) is 20.7 Å². The molecule has 8 nitrogen and oxygen atoms in total. The SMILES string of the molecule is CC1(Nc2nc(NN)ncc2[N+](=O)[O-])CCC1. The Morgan fingerprint density at radius 1 is 1.59 bits per heavy atom. The first kappa shape index (κ1) is 11.5. The van der Waals surface area contributed by atoms with Gasteiger partial charge in [-0.15, -0.1) is 0 Å². The van der Waals surface area contributed by atoms with Crippen molar-refractivity contribution in [1.29, 1.82) is 0 Å². The molecule has 0 aliphatic heterocycles. The van der Waals surface area contributed by atoms with E-state index < -0.39 is 4.92 Å². The van der Waals surface area contributed by atoms with Gasteiger partial charge in [-0.1, -0.05) is 0 Å². The van der Waals surface area contributed by atoms with Crippen LogP contribution in [0.5, 0.6) is 0 Å². The molecule has 92 valence electrons. The standard InChI is InChI=1S/C9H14N6O2/c1-9(3-2-4-9)13-7-6(15(16)17)5-11-8(12-7)14-10/h5H,2-4,10H2,1H3,(H2,11,12,13,14). The zero-order valence-electron chi connectivity index (χ0n) is 9.43. The monoisotopic (exact) mass is 238 g/mol. The first-order valence-electron chi connectivity index (χ1n) is 5.30. The Morgan fingerprint density at radius 3 is 2.76 bits per heavy atom. The third-order valence-electron chi connectivity index (χ3n) is 2.97. The van der Waals surface area contributed by atoms with E-state index >= 15 is 0 Å². The lowest BCUT2D eigenvalue weighted by Crippen LogP contribution is -2.42. The van der Waals surface area contributed by atoms with Crippen molar-refractivity contribution < 1.29 is 4.92 Å². The number of hydrogen-bond donors (Lipinski definition) is 3. The van der Waals surface area contributed by atoms with Crippen LogP contribution in [-0.4, -0.2) is 20.4 Å². The average Bonchev–Trinajstić information content (AvgIpc) is 2.26. The van der Waals surface area contributed by atoms with Gasteiger partial charge < -0.3 is 5.32 Å². The van der Waals surface area contributed by atoms with Gasteiger partial charge in [0.1, 0.15) is 6.20 Å². The summed E-state index contributed by atoms with van der Waals surface area (Å²) in [5.74, 6) is 5.54. The van der Waals surface area contributed by atoms with Gasteiger partial charge >= 0.3 is 5.69 Å². The van der Waals surface area contributed by atoms with Gasteiger partial charge in [0.2, 0.25) is 11.8 Å². The quantitative estimate of drug-likeness (QED) is 0.407. The highest BCUT2D eigenvalue weighted by Gasteiger charge is 2.34. The highest BCUT2D eigenvalue weighted by atomic mass is 16.6. The number of aromatic nitrogens is 2. The van der Waals surface area contributed by atoms with Gasteiger partial charge in [0.05, 0.1) is 4.92 Å². The van der Waals surface area contributed by atoms with Gasteiger partial charge in [-0.05, 0) is 26.2 Å². The number of hydrazine groups is 1. The minimum Gasteiger partial charge on any atom is -0.359 e. The van der Waals surface area contributed by atoms with Crippen molar-refractivity contribution in [3.8, 4) is 0 Å². The topological polar surface area (TPSA) is 119 Å². The molecule has 1 saturated carbocycles. The third-order valence-corrected chi connectivity index (χ3v) is 2.97. The lowest BCUT2D eigenvalue weighted by molar-refractivity contribution is -0.384. The molecule has 1 aliphatic rings. The molecule has 0 radical (unpaired) electrons. The van der Waals surface area contributed by atoms with Crippen LogP contribution >= 0.6 is 0 Å². The lowest BCUT2D eigenvalue weighted by atomic mass is 9.78. The molecule has 2 rings (SSSR count). The summed E-state index contributed by atoms with van der Waals surface area (Å²) in [5.41, 5.74) is 2.01. The number of hydrogen-bond acceptors (Lipinski definition) is 7. The van der Waals surface area contributed by atoms with Gasteiger partial charge in [-0.3, -0.25) is 15.5 Å². The Kier molecular flexibility index (Phi) is 2.80. The van der Waals surface area contributed by atoms with Crippen molar-refractivity contribution in [1.82, 2.24) is 9.97 Å². The van der Waals surface area contributed by atoms with Crippen molar-refractivity contribution in [3.05, 3.63) is 16.3 Å². The average molecular weight is 238 g/mol. The lowest BCUT2D eigenvalue weighted by Gasteiger charge is -2.39. The van der Waals surface area contributed by atoms with Crippen LogP contribution in [0.1, 0.15) is 26.2 Å². The Hall–Kier alpha value is -1.96. The van der Waals surface area contributed by atoms with Crippen LogP contribution in [0.15, 0.2) is 6.20 Å². The van der Waals surface area contributed by atoms with Crippen LogP contribution in [0, 0.1) is 10.1 Å². The number of anilines is 2. The molecule has 8 heteroatoms.